The predicted molar refractivity (Wildman–Crippen MR) is 53.1 cm³/mol. The largest absolute Gasteiger partial charge is 0.390 e. The van der Waals surface area contributed by atoms with Crippen LogP contribution < -0.4 is 11.5 Å². The standard InChI is InChI=1S/C7H16N2O2.C2H6/c1-3-4(8)2-5(9)7(11)6(3)10;1-2/h3-7,10-11H,2,8-9H2,1H3;1-2H3. The van der Waals surface area contributed by atoms with Gasteiger partial charge in [-0.2, -0.15) is 0 Å². The lowest BCUT2D eigenvalue weighted by atomic mass is 9.79. The first kappa shape index (κ1) is 12.8. The lowest BCUT2D eigenvalue weighted by Crippen LogP contribution is -2.57. The van der Waals surface area contributed by atoms with Crippen LogP contribution in [0.2, 0.25) is 0 Å². The molecule has 6 N–H and O–H groups in total. The van der Waals surface area contributed by atoms with Crippen LogP contribution in [0.5, 0.6) is 0 Å². The van der Waals surface area contributed by atoms with E-state index in [1.54, 1.807) is 0 Å². The highest BCUT2D eigenvalue weighted by Gasteiger charge is 2.37. The van der Waals surface area contributed by atoms with Gasteiger partial charge in [-0.3, -0.25) is 0 Å². The summed E-state index contributed by atoms with van der Waals surface area (Å²) in [4.78, 5) is 0. The van der Waals surface area contributed by atoms with Gasteiger partial charge in [-0.15, -0.1) is 0 Å². The molecule has 1 aliphatic rings. The van der Waals surface area contributed by atoms with E-state index in [2.05, 4.69) is 0 Å². The summed E-state index contributed by atoms with van der Waals surface area (Å²) < 4.78 is 0. The molecule has 0 spiro atoms. The average Bonchev–Trinajstić information content (AvgIpc) is 2.15. The number of nitrogens with two attached hydrogens (primary N) is 2. The maximum Gasteiger partial charge on any atom is 0.0953 e. The van der Waals surface area contributed by atoms with Gasteiger partial charge < -0.3 is 21.7 Å². The Morgan fingerprint density at radius 3 is 1.92 bits per heavy atom. The minimum atomic E-state index is -0.815. The van der Waals surface area contributed by atoms with Crippen LogP contribution in [0.15, 0.2) is 0 Å². The predicted octanol–water partition coefficient (Wildman–Crippen LogP) is -0.571. The van der Waals surface area contributed by atoms with Crippen LogP contribution in [-0.2, 0) is 0 Å². The Hall–Kier alpha value is -0.160. The van der Waals surface area contributed by atoms with Crippen LogP contribution in [0.3, 0.4) is 0 Å². The van der Waals surface area contributed by atoms with Crippen LogP contribution in [-0.4, -0.2) is 34.5 Å². The first-order valence-electron chi connectivity index (χ1n) is 4.91. The Kier molecular flexibility index (Phi) is 5.48. The molecule has 0 saturated heterocycles. The normalized spacial score (nSPS) is 45.0. The molecule has 1 fully saturated rings. The zero-order valence-corrected chi connectivity index (χ0v) is 8.64. The molecule has 80 valence electrons. The second kappa shape index (κ2) is 5.54. The van der Waals surface area contributed by atoms with Crippen molar-refractivity contribution in [2.45, 2.75) is 51.5 Å². The highest BCUT2D eigenvalue weighted by atomic mass is 16.3. The summed E-state index contributed by atoms with van der Waals surface area (Å²) in [5.74, 6) is -0.0650. The quantitative estimate of drug-likeness (QED) is 0.411. The summed E-state index contributed by atoms with van der Waals surface area (Å²) in [6, 6.07) is -0.473. The van der Waals surface area contributed by atoms with Gasteiger partial charge in [0.15, 0.2) is 0 Å². The summed E-state index contributed by atoms with van der Waals surface area (Å²) in [5.41, 5.74) is 11.2. The smallest absolute Gasteiger partial charge is 0.0953 e. The van der Waals surface area contributed by atoms with E-state index in [9.17, 15) is 10.2 Å². The first-order chi connectivity index (χ1) is 6.04. The number of rotatable bonds is 0. The molecule has 1 aliphatic carbocycles. The average molecular weight is 190 g/mol. The molecule has 0 amide bonds. The third kappa shape index (κ3) is 2.91. The second-order valence-electron chi connectivity index (χ2n) is 3.40. The fourth-order valence-electron chi connectivity index (χ4n) is 1.49. The van der Waals surface area contributed by atoms with E-state index in [1.165, 1.54) is 0 Å². The molecule has 1 rings (SSSR count). The van der Waals surface area contributed by atoms with Crippen LogP contribution in [0.25, 0.3) is 0 Å². The van der Waals surface area contributed by atoms with Crippen molar-refractivity contribution in [3.8, 4) is 0 Å². The summed E-state index contributed by atoms with van der Waals surface area (Å²) in [6.45, 7) is 5.82. The molecular weight excluding hydrogens is 168 g/mol. The molecule has 5 unspecified atom stereocenters. The Morgan fingerprint density at radius 2 is 1.46 bits per heavy atom. The molecule has 0 bridgehead atoms. The first-order valence-corrected chi connectivity index (χ1v) is 4.91. The van der Waals surface area contributed by atoms with E-state index in [0.29, 0.717) is 6.42 Å². The molecule has 4 nitrogen and oxygen atoms in total. The van der Waals surface area contributed by atoms with Crippen LogP contribution in [0.4, 0.5) is 0 Å². The number of aliphatic hydroxyl groups is 2. The zero-order valence-electron chi connectivity index (χ0n) is 8.64. The molecule has 0 heterocycles. The van der Waals surface area contributed by atoms with E-state index in [0.717, 1.165) is 0 Å². The van der Waals surface area contributed by atoms with E-state index < -0.39 is 12.2 Å². The van der Waals surface area contributed by atoms with E-state index in [1.807, 2.05) is 20.8 Å². The van der Waals surface area contributed by atoms with Crippen molar-refractivity contribution < 1.29 is 10.2 Å². The van der Waals surface area contributed by atoms with Crippen molar-refractivity contribution in [2.24, 2.45) is 17.4 Å². The van der Waals surface area contributed by atoms with Gasteiger partial charge in [0.2, 0.25) is 0 Å². The van der Waals surface area contributed by atoms with Gasteiger partial charge in [-0.05, 0) is 12.3 Å². The van der Waals surface area contributed by atoms with Gasteiger partial charge in [0.25, 0.3) is 0 Å². The van der Waals surface area contributed by atoms with Crippen LogP contribution in [0.1, 0.15) is 27.2 Å². The zero-order chi connectivity index (χ0) is 10.6. The molecule has 0 aromatic rings. The minimum Gasteiger partial charge on any atom is -0.390 e. The number of hydrogen-bond acceptors (Lipinski definition) is 4. The summed E-state index contributed by atoms with van der Waals surface area (Å²) in [7, 11) is 0. The third-order valence-electron chi connectivity index (χ3n) is 2.55. The van der Waals surface area contributed by atoms with Crippen molar-refractivity contribution in [2.75, 3.05) is 0 Å². The van der Waals surface area contributed by atoms with Gasteiger partial charge in [0.1, 0.15) is 0 Å². The highest BCUT2D eigenvalue weighted by Crippen LogP contribution is 2.22. The van der Waals surface area contributed by atoms with Gasteiger partial charge in [-0.25, -0.2) is 0 Å². The van der Waals surface area contributed by atoms with Crippen molar-refractivity contribution in [3.63, 3.8) is 0 Å². The Morgan fingerprint density at radius 1 is 1.00 bits per heavy atom. The molecule has 0 aromatic heterocycles. The van der Waals surface area contributed by atoms with Crippen molar-refractivity contribution >= 4 is 0 Å². The van der Waals surface area contributed by atoms with Crippen LogP contribution in [0, 0.1) is 5.92 Å². The molecule has 0 radical (unpaired) electrons. The van der Waals surface area contributed by atoms with Crippen molar-refractivity contribution in [3.05, 3.63) is 0 Å². The molecule has 0 aliphatic heterocycles. The third-order valence-corrected chi connectivity index (χ3v) is 2.55. The van der Waals surface area contributed by atoms with E-state index >= 15 is 0 Å². The summed E-state index contributed by atoms with van der Waals surface area (Å²) in [6.07, 6.45) is -1.00. The summed E-state index contributed by atoms with van der Waals surface area (Å²) in [5, 5.41) is 18.7. The number of aliphatic hydroxyl groups excluding tert-OH is 2. The number of hydrogen-bond donors (Lipinski definition) is 4. The SMILES string of the molecule is CC.CC1C(N)CC(N)C(O)C1O. The molecule has 1 saturated carbocycles. The van der Waals surface area contributed by atoms with E-state index in [-0.39, 0.29) is 18.0 Å². The monoisotopic (exact) mass is 190 g/mol. The lowest BCUT2D eigenvalue weighted by molar-refractivity contribution is -0.0568. The summed E-state index contributed by atoms with van der Waals surface area (Å²) >= 11 is 0. The van der Waals surface area contributed by atoms with Crippen molar-refractivity contribution in [1.29, 1.82) is 0 Å². The molecule has 4 heteroatoms. The Balaban J connectivity index is 0.000000671. The lowest BCUT2D eigenvalue weighted by Gasteiger charge is -2.38. The molecule has 5 atom stereocenters. The Bertz CT molecular complexity index is 130. The second-order valence-corrected chi connectivity index (χ2v) is 3.40. The van der Waals surface area contributed by atoms with Crippen molar-refractivity contribution in [1.82, 2.24) is 0 Å². The van der Waals surface area contributed by atoms with Gasteiger partial charge in [0, 0.05) is 12.1 Å². The molecule has 0 aromatic carbocycles. The fourth-order valence-corrected chi connectivity index (χ4v) is 1.49. The maximum atomic E-state index is 9.38. The molecular formula is C9H22N2O2. The van der Waals surface area contributed by atoms with Crippen LogP contribution >= 0.6 is 0 Å². The topological polar surface area (TPSA) is 92.5 Å². The van der Waals surface area contributed by atoms with Gasteiger partial charge in [0.05, 0.1) is 12.2 Å². The Labute approximate surface area is 79.9 Å². The van der Waals surface area contributed by atoms with Gasteiger partial charge >= 0.3 is 0 Å². The molecule has 13 heavy (non-hydrogen) atoms. The fraction of sp³-hybridized carbons (Fsp3) is 1.00. The van der Waals surface area contributed by atoms with Gasteiger partial charge in [-0.1, -0.05) is 20.8 Å². The highest BCUT2D eigenvalue weighted by molar-refractivity contribution is 4.94. The minimum absolute atomic E-state index is 0.0650. The maximum absolute atomic E-state index is 9.38. The van der Waals surface area contributed by atoms with E-state index in [4.69, 9.17) is 11.5 Å².